The molecule has 0 spiro atoms. The minimum absolute atomic E-state index is 0.138. The van der Waals surface area contributed by atoms with Crippen LogP contribution in [-0.4, -0.2) is 28.9 Å². The lowest BCUT2D eigenvalue weighted by Crippen LogP contribution is -2.54. The quantitative estimate of drug-likeness (QED) is 0.429. The number of carbonyl (C=O) groups excluding carboxylic acids is 3. The maximum atomic E-state index is 12.9. The average Bonchev–Trinajstić information content (AvgIpc) is 3.20. The molecule has 4 rings (SSSR count). The lowest BCUT2D eigenvalue weighted by atomic mass is 10.1. The number of imide groups is 2. The largest absolute Gasteiger partial charge is 0.478 e. The van der Waals surface area contributed by atoms with Gasteiger partial charge in [-0.15, -0.1) is 0 Å². The molecule has 0 saturated carbocycles. The highest BCUT2D eigenvalue weighted by atomic mass is 79.9. The maximum absolute atomic E-state index is 12.9. The fourth-order valence-corrected chi connectivity index (χ4v) is 3.40. The van der Waals surface area contributed by atoms with Crippen LogP contribution in [0.2, 0.25) is 0 Å². The third-order valence-corrected chi connectivity index (χ3v) is 4.99. The number of nitrogens with zero attached hydrogens (tertiary/aromatic N) is 1. The Morgan fingerprint density at radius 2 is 1.77 bits per heavy atom. The smallest absolute Gasteiger partial charge is 0.335 e. The number of aromatic carboxylic acids is 1. The number of anilines is 1. The van der Waals surface area contributed by atoms with Crippen LogP contribution in [0.25, 0.3) is 17.4 Å². The number of furan rings is 1. The molecule has 0 aliphatic carbocycles. The third kappa shape index (κ3) is 4.03. The molecule has 0 radical (unpaired) electrons. The molecule has 1 aliphatic rings. The summed E-state index contributed by atoms with van der Waals surface area (Å²) in [5.41, 5.74) is 0.801. The van der Waals surface area contributed by atoms with Crippen LogP contribution in [0.15, 0.2) is 75.1 Å². The van der Waals surface area contributed by atoms with E-state index in [0.29, 0.717) is 21.5 Å². The van der Waals surface area contributed by atoms with Gasteiger partial charge in [0.1, 0.15) is 17.1 Å². The van der Waals surface area contributed by atoms with Gasteiger partial charge < -0.3 is 9.52 Å². The van der Waals surface area contributed by atoms with Crippen molar-refractivity contribution in [3.8, 4) is 11.3 Å². The normalized spacial score (nSPS) is 15.3. The van der Waals surface area contributed by atoms with Crippen molar-refractivity contribution in [2.45, 2.75) is 0 Å². The summed E-state index contributed by atoms with van der Waals surface area (Å²) in [6.07, 6.45) is 1.25. The topological polar surface area (TPSA) is 117 Å². The van der Waals surface area contributed by atoms with Gasteiger partial charge in [-0.05, 0) is 48.5 Å². The molecule has 0 unspecified atom stereocenters. The van der Waals surface area contributed by atoms with E-state index in [2.05, 4.69) is 21.2 Å². The molecular weight excluding hydrogens is 468 g/mol. The van der Waals surface area contributed by atoms with Gasteiger partial charge in [0.2, 0.25) is 0 Å². The molecule has 1 aliphatic heterocycles. The zero-order chi connectivity index (χ0) is 22.1. The van der Waals surface area contributed by atoms with Crippen molar-refractivity contribution in [1.82, 2.24) is 5.32 Å². The third-order valence-electron chi connectivity index (χ3n) is 4.50. The average molecular weight is 481 g/mol. The number of rotatable bonds is 4. The van der Waals surface area contributed by atoms with E-state index < -0.39 is 23.8 Å². The van der Waals surface area contributed by atoms with Gasteiger partial charge in [-0.1, -0.05) is 34.1 Å². The van der Waals surface area contributed by atoms with E-state index in [0.717, 1.165) is 4.90 Å². The molecule has 1 saturated heterocycles. The summed E-state index contributed by atoms with van der Waals surface area (Å²) in [5, 5.41) is 11.1. The summed E-state index contributed by atoms with van der Waals surface area (Å²) in [6, 6.07) is 15.0. The monoisotopic (exact) mass is 480 g/mol. The van der Waals surface area contributed by atoms with Crippen LogP contribution in [0, 0.1) is 0 Å². The number of benzene rings is 2. The van der Waals surface area contributed by atoms with Crippen molar-refractivity contribution in [2.24, 2.45) is 0 Å². The molecule has 9 heteroatoms. The van der Waals surface area contributed by atoms with E-state index in [1.807, 2.05) is 0 Å². The number of barbiturate groups is 1. The second-order valence-electron chi connectivity index (χ2n) is 6.52. The maximum Gasteiger partial charge on any atom is 0.335 e. The molecule has 8 nitrogen and oxygen atoms in total. The van der Waals surface area contributed by atoms with Crippen LogP contribution in [0.3, 0.4) is 0 Å². The van der Waals surface area contributed by atoms with E-state index in [9.17, 15) is 19.2 Å². The van der Waals surface area contributed by atoms with Crippen LogP contribution in [0.5, 0.6) is 0 Å². The van der Waals surface area contributed by atoms with Gasteiger partial charge in [0.15, 0.2) is 0 Å². The first kappa shape index (κ1) is 20.3. The Morgan fingerprint density at radius 1 is 1.03 bits per heavy atom. The zero-order valence-corrected chi connectivity index (χ0v) is 17.3. The van der Waals surface area contributed by atoms with Crippen molar-refractivity contribution >= 4 is 51.5 Å². The van der Waals surface area contributed by atoms with Crippen molar-refractivity contribution in [1.29, 1.82) is 0 Å². The molecule has 2 N–H and O–H groups in total. The number of hydrogen-bond acceptors (Lipinski definition) is 5. The Kier molecular flexibility index (Phi) is 5.26. The van der Waals surface area contributed by atoms with Gasteiger partial charge >= 0.3 is 12.0 Å². The second kappa shape index (κ2) is 8.04. The summed E-state index contributed by atoms with van der Waals surface area (Å²) in [5.74, 6) is -2.00. The number of carbonyl (C=O) groups is 4. The minimum Gasteiger partial charge on any atom is -0.478 e. The Morgan fingerprint density at radius 3 is 2.45 bits per heavy atom. The number of nitrogens with one attached hydrogen (secondary N) is 1. The number of carboxylic acids is 1. The number of urea groups is 1. The van der Waals surface area contributed by atoms with Gasteiger partial charge in [-0.2, -0.15) is 0 Å². The predicted molar refractivity (Wildman–Crippen MR) is 114 cm³/mol. The Labute approximate surface area is 183 Å². The SMILES string of the molecule is O=C1NC(=O)N(c2cccc(Br)c2)C(=O)/C1=C/c1ccc(-c2ccc(C(=O)O)cc2)o1. The van der Waals surface area contributed by atoms with Crippen molar-refractivity contribution in [3.05, 3.63) is 82.0 Å². The van der Waals surface area contributed by atoms with Gasteiger partial charge in [-0.25, -0.2) is 14.5 Å². The number of hydrogen-bond donors (Lipinski definition) is 2. The van der Waals surface area contributed by atoms with Crippen LogP contribution >= 0.6 is 15.9 Å². The summed E-state index contributed by atoms with van der Waals surface area (Å²) in [6.45, 7) is 0. The molecule has 1 fully saturated rings. The molecule has 0 atom stereocenters. The first-order valence-corrected chi connectivity index (χ1v) is 9.73. The summed E-state index contributed by atoms with van der Waals surface area (Å²) in [4.78, 5) is 49.3. The van der Waals surface area contributed by atoms with E-state index in [1.165, 1.54) is 18.2 Å². The molecule has 2 aromatic carbocycles. The van der Waals surface area contributed by atoms with Crippen LogP contribution in [0.1, 0.15) is 16.1 Å². The highest BCUT2D eigenvalue weighted by Crippen LogP contribution is 2.27. The summed E-state index contributed by atoms with van der Waals surface area (Å²) >= 11 is 3.29. The van der Waals surface area contributed by atoms with Crippen LogP contribution in [-0.2, 0) is 9.59 Å². The first-order chi connectivity index (χ1) is 14.8. The van der Waals surface area contributed by atoms with Gasteiger partial charge in [0.25, 0.3) is 11.8 Å². The highest BCUT2D eigenvalue weighted by molar-refractivity contribution is 9.10. The molecule has 1 aromatic heterocycles. The molecule has 31 heavy (non-hydrogen) atoms. The lowest BCUT2D eigenvalue weighted by Gasteiger charge is -2.26. The van der Waals surface area contributed by atoms with Crippen LogP contribution < -0.4 is 10.2 Å². The standard InChI is InChI=1S/C22H13BrN2O6/c23-14-2-1-3-15(10-14)25-20(27)17(19(26)24-22(25)30)11-16-8-9-18(31-16)12-4-6-13(7-5-12)21(28)29/h1-11H,(H,28,29)(H,24,26,30)/b17-11+. The van der Waals surface area contributed by atoms with E-state index in [1.54, 1.807) is 48.5 Å². The molecular formula is C22H13BrN2O6. The Balaban J connectivity index is 1.64. The van der Waals surface area contributed by atoms with Gasteiger partial charge in [0.05, 0.1) is 11.3 Å². The lowest BCUT2D eigenvalue weighted by molar-refractivity contribution is -0.122. The molecule has 2 heterocycles. The van der Waals surface area contributed by atoms with Crippen molar-refractivity contribution < 1.29 is 28.7 Å². The van der Waals surface area contributed by atoms with E-state index in [4.69, 9.17) is 9.52 Å². The van der Waals surface area contributed by atoms with Gasteiger partial charge in [-0.3, -0.25) is 14.9 Å². The summed E-state index contributed by atoms with van der Waals surface area (Å²) < 4.78 is 6.35. The van der Waals surface area contributed by atoms with Crippen molar-refractivity contribution in [2.75, 3.05) is 4.90 Å². The van der Waals surface area contributed by atoms with Crippen LogP contribution in [0.4, 0.5) is 10.5 Å². The van der Waals surface area contributed by atoms with E-state index >= 15 is 0 Å². The number of halogens is 1. The summed E-state index contributed by atoms with van der Waals surface area (Å²) in [7, 11) is 0. The van der Waals surface area contributed by atoms with Crippen molar-refractivity contribution in [3.63, 3.8) is 0 Å². The fraction of sp³-hybridized carbons (Fsp3) is 0. The fourth-order valence-electron chi connectivity index (χ4n) is 3.01. The number of carboxylic acid groups (broad SMARTS) is 1. The highest BCUT2D eigenvalue weighted by Gasteiger charge is 2.37. The number of amides is 4. The molecule has 3 aromatic rings. The molecule has 154 valence electrons. The molecule has 0 bridgehead atoms. The Bertz CT molecular complexity index is 1260. The van der Waals surface area contributed by atoms with E-state index in [-0.39, 0.29) is 16.9 Å². The van der Waals surface area contributed by atoms with Gasteiger partial charge in [0, 0.05) is 10.0 Å². The minimum atomic E-state index is -1.04. The first-order valence-electron chi connectivity index (χ1n) is 8.94. The predicted octanol–water partition coefficient (Wildman–Crippen LogP) is 4.07. The second-order valence-corrected chi connectivity index (χ2v) is 7.44. The Hall–Kier alpha value is -3.98. The zero-order valence-electron chi connectivity index (χ0n) is 15.7. The molecule has 4 amide bonds.